The van der Waals surface area contributed by atoms with Crippen molar-refractivity contribution in [3.05, 3.63) is 35.3 Å². The van der Waals surface area contributed by atoms with Crippen LogP contribution < -0.4 is 0 Å². The van der Waals surface area contributed by atoms with Crippen LogP contribution in [0, 0.1) is 0 Å². The summed E-state index contributed by atoms with van der Waals surface area (Å²) in [5, 5.41) is 10.9. The minimum atomic E-state index is -0.131. The van der Waals surface area contributed by atoms with Crippen molar-refractivity contribution in [2.45, 2.75) is 65.5 Å². The van der Waals surface area contributed by atoms with Crippen molar-refractivity contribution in [1.29, 1.82) is 0 Å². The van der Waals surface area contributed by atoms with E-state index in [1.807, 2.05) is 6.20 Å². The molecule has 2 aromatic rings. The number of ether oxygens (including phenoxy) is 1. The van der Waals surface area contributed by atoms with Gasteiger partial charge in [0.05, 0.1) is 18.5 Å². The molecule has 0 saturated heterocycles. The molecule has 0 fully saturated rings. The van der Waals surface area contributed by atoms with Crippen LogP contribution in [-0.2, 0) is 28.7 Å². The fourth-order valence-corrected chi connectivity index (χ4v) is 3.25. The lowest BCUT2D eigenvalue weighted by Gasteiger charge is -2.28. The third kappa shape index (κ3) is 2.95. The Labute approximate surface area is 144 Å². The lowest BCUT2D eigenvalue weighted by atomic mass is 9.78. The molecule has 130 valence electrons. The number of phenols is 1. The summed E-state index contributed by atoms with van der Waals surface area (Å²) in [6.45, 7) is 14.9. The molecule has 3 rings (SSSR count). The third-order valence-electron chi connectivity index (χ3n) is 4.65. The van der Waals surface area contributed by atoms with Crippen molar-refractivity contribution in [2.75, 3.05) is 6.61 Å². The van der Waals surface area contributed by atoms with Crippen LogP contribution in [0.5, 0.6) is 5.75 Å². The molecule has 4 heteroatoms. The van der Waals surface area contributed by atoms with Gasteiger partial charge in [0, 0.05) is 23.2 Å². The zero-order chi connectivity index (χ0) is 17.7. The highest BCUT2D eigenvalue weighted by molar-refractivity contribution is 5.66. The normalized spacial score (nSPS) is 15.4. The van der Waals surface area contributed by atoms with Gasteiger partial charge >= 0.3 is 0 Å². The van der Waals surface area contributed by atoms with E-state index in [0.29, 0.717) is 19.0 Å². The van der Waals surface area contributed by atoms with E-state index >= 15 is 0 Å². The third-order valence-corrected chi connectivity index (χ3v) is 4.65. The Kier molecular flexibility index (Phi) is 3.99. The standard InChI is InChI=1S/C20H28N2O2/c1-19(2,3)14-9-13(10-15(18(14)23)20(4,5)6)16-11-21-17-12-24-8-7-22(16)17/h9-11,23H,7-8,12H2,1-6H3. The van der Waals surface area contributed by atoms with Crippen molar-refractivity contribution >= 4 is 0 Å². The molecule has 2 heterocycles. The summed E-state index contributed by atoms with van der Waals surface area (Å²) in [6.07, 6.45) is 1.93. The molecule has 0 radical (unpaired) electrons. The quantitative estimate of drug-likeness (QED) is 0.845. The van der Waals surface area contributed by atoms with Crippen molar-refractivity contribution in [1.82, 2.24) is 9.55 Å². The smallest absolute Gasteiger partial charge is 0.135 e. The van der Waals surface area contributed by atoms with E-state index < -0.39 is 0 Å². The van der Waals surface area contributed by atoms with Crippen molar-refractivity contribution in [2.24, 2.45) is 0 Å². The van der Waals surface area contributed by atoms with Crippen LogP contribution in [0.2, 0.25) is 0 Å². The Morgan fingerprint density at radius 2 is 1.62 bits per heavy atom. The molecule has 0 atom stereocenters. The Balaban J connectivity index is 2.24. The van der Waals surface area contributed by atoms with Crippen LogP contribution in [0.25, 0.3) is 11.3 Å². The molecule has 1 aliphatic rings. The molecule has 0 amide bonds. The van der Waals surface area contributed by atoms with Crippen LogP contribution in [0.15, 0.2) is 18.3 Å². The average molecular weight is 328 g/mol. The highest BCUT2D eigenvalue weighted by Crippen LogP contribution is 2.42. The first-order valence-electron chi connectivity index (χ1n) is 8.59. The summed E-state index contributed by atoms with van der Waals surface area (Å²) in [6, 6.07) is 4.23. The first-order valence-corrected chi connectivity index (χ1v) is 8.59. The molecule has 24 heavy (non-hydrogen) atoms. The van der Waals surface area contributed by atoms with Crippen LogP contribution in [0.1, 0.15) is 58.5 Å². The second-order valence-electron chi connectivity index (χ2n) is 8.68. The van der Waals surface area contributed by atoms with Gasteiger partial charge in [-0.3, -0.25) is 0 Å². The van der Waals surface area contributed by atoms with Crippen LogP contribution in [0.4, 0.5) is 0 Å². The maximum Gasteiger partial charge on any atom is 0.135 e. The van der Waals surface area contributed by atoms with E-state index in [1.54, 1.807) is 0 Å². The molecule has 1 aromatic carbocycles. The number of benzene rings is 1. The predicted octanol–water partition coefficient (Wildman–Crippen LogP) is 4.38. The highest BCUT2D eigenvalue weighted by atomic mass is 16.5. The van der Waals surface area contributed by atoms with Gasteiger partial charge in [0.15, 0.2) is 0 Å². The Hall–Kier alpha value is -1.81. The lowest BCUT2D eigenvalue weighted by Crippen LogP contribution is -2.19. The van der Waals surface area contributed by atoms with Crippen LogP contribution in [-0.4, -0.2) is 21.3 Å². The van der Waals surface area contributed by atoms with Crippen molar-refractivity contribution in [3.8, 4) is 17.0 Å². The zero-order valence-corrected chi connectivity index (χ0v) is 15.6. The maximum absolute atomic E-state index is 10.9. The van der Waals surface area contributed by atoms with Crippen LogP contribution in [0.3, 0.4) is 0 Å². The van der Waals surface area contributed by atoms with Gasteiger partial charge in [0.25, 0.3) is 0 Å². The number of fused-ring (bicyclic) bond motifs is 1. The second-order valence-corrected chi connectivity index (χ2v) is 8.68. The summed E-state index contributed by atoms with van der Waals surface area (Å²) in [5.41, 5.74) is 3.91. The molecule has 1 aromatic heterocycles. The summed E-state index contributed by atoms with van der Waals surface area (Å²) in [7, 11) is 0. The van der Waals surface area contributed by atoms with Gasteiger partial charge in [-0.25, -0.2) is 4.98 Å². The van der Waals surface area contributed by atoms with Gasteiger partial charge in [0.1, 0.15) is 18.2 Å². The molecule has 0 aliphatic carbocycles. The summed E-state index contributed by atoms with van der Waals surface area (Å²) >= 11 is 0. The van der Waals surface area contributed by atoms with Gasteiger partial charge in [0.2, 0.25) is 0 Å². The van der Waals surface area contributed by atoms with E-state index in [2.05, 4.69) is 63.2 Å². The fraction of sp³-hybridized carbons (Fsp3) is 0.550. The first kappa shape index (κ1) is 17.0. The number of hydrogen-bond donors (Lipinski definition) is 1. The van der Waals surface area contributed by atoms with E-state index in [9.17, 15) is 5.11 Å². The molecular weight excluding hydrogens is 300 g/mol. The Morgan fingerprint density at radius 3 is 2.17 bits per heavy atom. The van der Waals surface area contributed by atoms with Crippen LogP contribution >= 0.6 is 0 Å². The molecule has 4 nitrogen and oxygen atoms in total. The molecule has 0 unspecified atom stereocenters. The maximum atomic E-state index is 10.9. The Bertz CT molecular complexity index is 726. The van der Waals surface area contributed by atoms with Crippen molar-refractivity contribution < 1.29 is 9.84 Å². The van der Waals surface area contributed by atoms with E-state index in [0.717, 1.165) is 34.8 Å². The minimum Gasteiger partial charge on any atom is -0.507 e. The van der Waals surface area contributed by atoms with E-state index in [-0.39, 0.29) is 10.8 Å². The molecule has 0 bridgehead atoms. The number of hydrogen-bond acceptors (Lipinski definition) is 3. The van der Waals surface area contributed by atoms with Gasteiger partial charge in [-0.1, -0.05) is 41.5 Å². The molecule has 1 aliphatic heterocycles. The van der Waals surface area contributed by atoms with Gasteiger partial charge in [-0.2, -0.15) is 0 Å². The largest absolute Gasteiger partial charge is 0.507 e. The number of imidazole rings is 1. The molecular formula is C20H28N2O2. The van der Waals surface area contributed by atoms with E-state index in [4.69, 9.17) is 4.74 Å². The average Bonchev–Trinajstić information content (AvgIpc) is 2.89. The summed E-state index contributed by atoms with van der Waals surface area (Å²) < 4.78 is 7.73. The predicted molar refractivity (Wildman–Crippen MR) is 96.4 cm³/mol. The summed E-state index contributed by atoms with van der Waals surface area (Å²) in [5.74, 6) is 1.39. The number of rotatable bonds is 1. The molecule has 0 saturated carbocycles. The fourth-order valence-electron chi connectivity index (χ4n) is 3.25. The number of aromatic hydroxyl groups is 1. The topological polar surface area (TPSA) is 47.3 Å². The minimum absolute atomic E-state index is 0.131. The van der Waals surface area contributed by atoms with Gasteiger partial charge in [-0.15, -0.1) is 0 Å². The number of phenolic OH excluding ortho intramolecular Hbond substituents is 1. The highest BCUT2D eigenvalue weighted by Gasteiger charge is 2.28. The van der Waals surface area contributed by atoms with E-state index in [1.165, 1.54) is 0 Å². The lowest BCUT2D eigenvalue weighted by molar-refractivity contribution is 0.0821. The summed E-state index contributed by atoms with van der Waals surface area (Å²) in [4.78, 5) is 4.51. The molecule has 1 N–H and O–H groups in total. The van der Waals surface area contributed by atoms with Gasteiger partial charge < -0.3 is 14.4 Å². The monoisotopic (exact) mass is 328 g/mol. The van der Waals surface area contributed by atoms with Crippen molar-refractivity contribution in [3.63, 3.8) is 0 Å². The first-order chi connectivity index (χ1) is 11.1. The zero-order valence-electron chi connectivity index (χ0n) is 15.6. The number of nitrogens with zero attached hydrogens (tertiary/aromatic N) is 2. The molecule has 0 spiro atoms. The SMILES string of the molecule is CC(C)(C)c1cc(-c2cnc3n2CCOC3)cc(C(C)(C)C)c1O. The van der Waals surface area contributed by atoms with Gasteiger partial charge in [-0.05, 0) is 23.0 Å². The Morgan fingerprint density at radius 1 is 1.04 bits per heavy atom. The second kappa shape index (κ2) is 5.62. The number of aromatic nitrogens is 2.